The normalized spacial score (nSPS) is 11.1. The van der Waals surface area contributed by atoms with E-state index >= 15 is 0 Å². The number of nitrogens with two attached hydrogens (primary N) is 1. The van der Waals surface area contributed by atoms with Gasteiger partial charge in [0.25, 0.3) is 5.95 Å². The fraction of sp³-hybridized carbons (Fsp3) is 0.438. The van der Waals surface area contributed by atoms with Gasteiger partial charge in [-0.25, -0.2) is 10.1 Å². The summed E-state index contributed by atoms with van der Waals surface area (Å²) < 4.78 is 7.07. The minimum absolute atomic E-state index is 0.343. The molecule has 0 aliphatic carbocycles. The van der Waals surface area contributed by atoms with Crippen molar-refractivity contribution in [3.8, 4) is 5.75 Å². The van der Waals surface area contributed by atoms with E-state index in [1.165, 1.54) is 11.0 Å². The Labute approximate surface area is 162 Å². The summed E-state index contributed by atoms with van der Waals surface area (Å²) in [6, 6.07) is 4.00. The predicted octanol–water partition coefficient (Wildman–Crippen LogP) is 2.43. The van der Waals surface area contributed by atoms with Crippen molar-refractivity contribution in [3.05, 3.63) is 29.6 Å². The molecule has 1 heterocycles. The second kappa shape index (κ2) is 10.1. The average Bonchev–Trinajstić information content (AvgIpc) is 3.02. The zero-order valence-corrected chi connectivity index (χ0v) is 16.3. The van der Waals surface area contributed by atoms with Crippen molar-refractivity contribution in [1.82, 2.24) is 14.9 Å². The number of halogens is 2. The fourth-order valence-corrected chi connectivity index (χ4v) is 2.79. The Morgan fingerprint density at radius 3 is 2.65 bits per heavy atom. The van der Waals surface area contributed by atoms with Gasteiger partial charge in [0.05, 0.1) is 18.5 Å². The maximum atomic E-state index is 5.93. The average molecular weight is 400 g/mol. The van der Waals surface area contributed by atoms with E-state index in [-0.39, 0.29) is 0 Å². The van der Waals surface area contributed by atoms with Gasteiger partial charge in [0.1, 0.15) is 12.1 Å². The highest BCUT2D eigenvalue weighted by Gasteiger charge is 2.14. The van der Waals surface area contributed by atoms with Crippen LogP contribution < -0.4 is 20.9 Å². The molecule has 0 unspecified atom stereocenters. The van der Waals surface area contributed by atoms with Crippen molar-refractivity contribution in [3.63, 3.8) is 0 Å². The molecule has 0 saturated carbocycles. The zero-order chi connectivity index (χ0) is 18.9. The molecule has 8 nitrogen and oxygen atoms in total. The Morgan fingerprint density at radius 2 is 2.08 bits per heavy atom. The van der Waals surface area contributed by atoms with Crippen molar-refractivity contribution in [2.75, 3.05) is 47.6 Å². The SMILES string of the molecule is CCOc1cc(/C=N/Nc2nncn2N)c(C)cc1N(CCCl)CCCl. The molecular weight excluding hydrogens is 377 g/mol. The molecule has 0 aliphatic rings. The van der Waals surface area contributed by atoms with Gasteiger partial charge in [-0.15, -0.1) is 33.4 Å². The van der Waals surface area contributed by atoms with Crippen LogP contribution in [0.15, 0.2) is 23.6 Å². The van der Waals surface area contributed by atoms with Crippen molar-refractivity contribution in [2.45, 2.75) is 13.8 Å². The quantitative estimate of drug-likeness (QED) is 0.275. The number of aryl methyl sites for hydroxylation is 1. The minimum Gasteiger partial charge on any atom is -0.492 e. The molecule has 0 saturated heterocycles. The van der Waals surface area contributed by atoms with Gasteiger partial charge in [0.15, 0.2) is 0 Å². The van der Waals surface area contributed by atoms with Gasteiger partial charge in [-0.05, 0) is 31.5 Å². The predicted molar refractivity (Wildman–Crippen MR) is 107 cm³/mol. The van der Waals surface area contributed by atoms with Crippen molar-refractivity contribution >= 4 is 41.1 Å². The lowest BCUT2D eigenvalue weighted by Gasteiger charge is -2.26. The van der Waals surface area contributed by atoms with Crippen LogP contribution in [0.2, 0.25) is 0 Å². The van der Waals surface area contributed by atoms with Gasteiger partial charge in [-0.2, -0.15) is 5.10 Å². The number of anilines is 2. The molecule has 0 radical (unpaired) electrons. The molecule has 0 bridgehead atoms. The number of benzene rings is 1. The van der Waals surface area contributed by atoms with E-state index in [0.717, 1.165) is 22.6 Å². The minimum atomic E-state index is 0.343. The third-order valence-corrected chi connectivity index (χ3v) is 3.98. The highest BCUT2D eigenvalue weighted by molar-refractivity contribution is 6.18. The van der Waals surface area contributed by atoms with Gasteiger partial charge in [0.2, 0.25) is 0 Å². The largest absolute Gasteiger partial charge is 0.492 e. The number of hydrazone groups is 1. The van der Waals surface area contributed by atoms with Crippen molar-refractivity contribution in [1.29, 1.82) is 0 Å². The number of nitrogens with one attached hydrogen (secondary N) is 1. The topological polar surface area (TPSA) is 93.6 Å². The van der Waals surface area contributed by atoms with Gasteiger partial charge < -0.3 is 15.5 Å². The summed E-state index contributed by atoms with van der Waals surface area (Å²) in [4.78, 5) is 2.12. The first-order chi connectivity index (χ1) is 12.6. The van der Waals surface area contributed by atoms with Crippen LogP contribution in [0.25, 0.3) is 0 Å². The van der Waals surface area contributed by atoms with Crippen LogP contribution >= 0.6 is 23.2 Å². The van der Waals surface area contributed by atoms with Crippen molar-refractivity contribution in [2.24, 2.45) is 5.10 Å². The molecular formula is C16H23Cl2N7O. The van der Waals surface area contributed by atoms with Crippen LogP contribution in [0.1, 0.15) is 18.1 Å². The molecule has 2 rings (SSSR count). The molecule has 0 amide bonds. The van der Waals surface area contributed by atoms with Gasteiger partial charge >= 0.3 is 0 Å². The first kappa shape index (κ1) is 20.1. The van der Waals surface area contributed by atoms with E-state index in [0.29, 0.717) is 37.4 Å². The maximum Gasteiger partial charge on any atom is 0.263 e. The molecule has 1 aromatic heterocycles. The summed E-state index contributed by atoms with van der Waals surface area (Å²) in [5.41, 5.74) is 5.66. The Morgan fingerprint density at radius 1 is 1.35 bits per heavy atom. The Bertz CT molecular complexity index is 729. The number of alkyl halides is 2. The molecule has 0 fully saturated rings. The third-order valence-electron chi connectivity index (χ3n) is 3.64. The number of nitrogens with zero attached hydrogens (tertiary/aromatic N) is 5. The third kappa shape index (κ3) is 5.15. The van der Waals surface area contributed by atoms with Crippen LogP contribution in [0.4, 0.5) is 11.6 Å². The molecule has 2 aromatic rings. The number of rotatable bonds is 10. The molecule has 0 spiro atoms. The van der Waals surface area contributed by atoms with Crippen LogP contribution in [0.3, 0.4) is 0 Å². The number of nitrogen functional groups attached to an aromatic ring is 1. The standard InChI is InChI=1S/C16H23Cl2N7O/c1-3-26-15-9-13(10-20-22-16-23-21-11-25(16)19)12(2)8-14(15)24(6-4-17)7-5-18/h8-11H,3-7,19H2,1-2H3,(H,22,23)/b20-10+. The summed E-state index contributed by atoms with van der Waals surface area (Å²) in [5, 5.41) is 11.6. The second-order valence-corrected chi connectivity index (χ2v) is 6.16. The summed E-state index contributed by atoms with van der Waals surface area (Å²) in [6.45, 7) is 5.88. The smallest absolute Gasteiger partial charge is 0.263 e. The molecule has 0 atom stereocenters. The first-order valence-electron chi connectivity index (χ1n) is 8.19. The molecule has 26 heavy (non-hydrogen) atoms. The maximum absolute atomic E-state index is 5.93. The molecule has 0 aliphatic heterocycles. The molecule has 3 N–H and O–H groups in total. The summed E-state index contributed by atoms with van der Waals surface area (Å²) >= 11 is 11.9. The van der Waals surface area contributed by atoms with E-state index < -0.39 is 0 Å². The Hall–Kier alpha value is -2.19. The molecule has 142 valence electrons. The van der Waals surface area contributed by atoms with E-state index in [2.05, 4.69) is 31.7 Å². The lowest BCUT2D eigenvalue weighted by Crippen LogP contribution is -2.28. The summed E-state index contributed by atoms with van der Waals surface area (Å²) in [7, 11) is 0. The number of ether oxygens (including phenoxy) is 1. The summed E-state index contributed by atoms with van der Waals surface area (Å²) in [5.74, 6) is 7.75. The Kier molecular flexibility index (Phi) is 7.80. The van der Waals surface area contributed by atoms with Gasteiger partial charge in [-0.3, -0.25) is 0 Å². The molecule has 1 aromatic carbocycles. The van der Waals surface area contributed by atoms with Gasteiger partial charge in [-0.1, -0.05) is 0 Å². The van der Waals surface area contributed by atoms with Crippen molar-refractivity contribution < 1.29 is 4.74 Å². The van der Waals surface area contributed by atoms with E-state index in [1.807, 2.05) is 19.9 Å². The van der Waals surface area contributed by atoms with Gasteiger partial charge in [0, 0.05) is 30.4 Å². The first-order valence-corrected chi connectivity index (χ1v) is 9.26. The highest BCUT2D eigenvalue weighted by atomic mass is 35.5. The van der Waals surface area contributed by atoms with E-state index in [4.69, 9.17) is 33.8 Å². The lowest BCUT2D eigenvalue weighted by atomic mass is 10.1. The lowest BCUT2D eigenvalue weighted by molar-refractivity contribution is 0.340. The van der Waals surface area contributed by atoms with Crippen LogP contribution in [-0.2, 0) is 0 Å². The molecule has 10 heteroatoms. The van der Waals surface area contributed by atoms with Crippen LogP contribution in [0.5, 0.6) is 5.75 Å². The number of hydrogen-bond donors (Lipinski definition) is 2. The van der Waals surface area contributed by atoms with Crippen LogP contribution in [0, 0.1) is 6.92 Å². The number of hydrogen-bond acceptors (Lipinski definition) is 7. The monoisotopic (exact) mass is 399 g/mol. The summed E-state index contributed by atoms with van der Waals surface area (Å²) in [6.07, 6.45) is 3.07. The number of aromatic nitrogens is 3. The zero-order valence-electron chi connectivity index (χ0n) is 14.8. The Balaban J connectivity index is 2.27. The van der Waals surface area contributed by atoms with E-state index in [9.17, 15) is 0 Å². The van der Waals surface area contributed by atoms with Crippen LogP contribution in [-0.4, -0.2) is 52.5 Å². The second-order valence-electron chi connectivity index (χ2n) is 5.41. The fourth-order valence-electron chi connectivity index (χ4n) is 2.38. The highest BCUT2D eigenvalue weighted by Crippen LogP contribution is 2.31. The van der Waals surface area contributed by atoms with E-state index in [1.54, 1.807) is 6.21 Å².